The van der Waals surface area contributed by atoms with E-state index >= 15 is 0 Å². The lowest BCUT2D eigenvalue weighted by atomic mass is 10.1. The molecule has 8 heteroatoms. The molecule has 31 heavy (non-hydrogen) atoms. The average molecular weight is 419 g/mol. The quantitative estimate of drug-likeness (QED) is 0.640. The van der Waals surface area contributed by atoms with Crippen molar-refractivity contribution in [2.45, 2.75) is 32.9 Å². The first kappa shape index (κ1) is 20.6. The van der Waals surface area contributed by atoms with Crippen molar-refractivity contribution in [2.24, 2.45) is 0 Å². The number of rotatable bonds is 5. The molecule has 3 aromatic rings. The Bertz CT molecular complexity index is 1050. The molecule has 3 heterocycles. The fraction of sp³-hybridized carbons (Fsp3) is 0.304. The highest BCUT2D eigenvalue weighted by Gasteiger charge is 2.21. The molecule has 0 fully saturated rings. The van der Waals surface area contributed by atoms with E-state index in [-0.39, 0.29) is 18.4 Å². The summed E-state index contributed by atoms with van der Waals surface area (Å²) in [4.78, 5) is 30.4. The molecule has 2 aromatic heterocycles. The molecule has 0 saturated heterocycles. The van der Waals surface area contributed by atoms with Crippen LogP contribution in [-0.4, -0.2) is 44.8 Å². The predicted octanol–water partition coefficient (Wildman–Crippen LogP) is 3.49. The third-order valence-corrected chi connectivity index (χ3v) is 5.12. The number of urea groups is 1. The molecule has 4 rings (SSSR count). The lowest BCUT2D eigenvalue weighted by Gasteiger charge is -2.20. The summed E-state index contributed by atoms with van der Waals surface area (Å²) in [7, 11) is 0. The molecule has 0 bridgehead atoms. The molecule has 160 valence electrons. The second-order valence-electron chi connectivity index (χ2n) is 7.37. The minimum Gasteiger partial charge on any atom is -0.466 e. The lowest BCUT2D eigenvalue weighted by Crippen LogP contribution is -2.34. The van der Waals surface area contributed by atoms with Crippen molar-refractivity contribution in [1.29, 1.82) is 0 Å². The van der Waals surface area contributed by atoms with Gasteiger partial charge in [0.15, 0.2) is 0 Å². The number of anilines is 1. The summed E-state index contributed by atoms with van der Waals surface area (Å²) < 4.78 is 6.94. The first-order valence-electron chi connectivity index (χ1n) is 10.4. The van der Waals surface area contributed by atoms with E-state index in [1.54, 1.807) is 36.4 Å². The second kappa shape index (κ2) is 9.42. The zero-order valence-electron chi connectivity index (χ0n) is 17.5. The van der Waals surface area contributed by atoms with Gasteiger partial charge in [0.05, 0.1) is 31.0 Å². The van der Waals surface area contributed by atoms with E-state index in [0.717, 1.165) is 35.5 Å². The molecule has 8 nitrogen and oxygen atoms in total. The van der Waals surface area contributed by atoms with Crippen LogP contribution in [0, 0.1) is 0 Å². The number of nitrogens with zero attached hydrogens (tertiary/aromatic N) is 4. The summed E-state index contributed by atoms with van der Waals surface area (Å²) >= 11 is 0. The minimum absolute atomic E-state index is 0.157. The van der Waals surface area contributed by atoms with Crippen LogP contribution in [0.15, 0.2) is 54.9 Å². The number of fused-ring (bicyclic) bond motifs is 1. The average Bonchev–Trinajstić information content (AvgIpc) is 3.07. The molecular weight excluding hydrogens is 394 g/mol. The number of aromatic nitrogens is 3. The number of hydrogen-bond donors (Lipinski definition) is 1. The number of hydrogen-bond acceptors (Lipinski definition) is 5. The van der Waals surface area contributed by atoms with Gasteiger partial charge in [-0.1, -0.05) is 12.1 Å². The Balaban J connectivity index is 1.40. The van der Waals surface area contributed by atoms with E-state index < -0.39 is 0 Å². The maximum absolute atomic E-state index is 12.9. The van der Waals surface area contributed by atoms with Crippen LogP contribution >= 0.6 is 0 Å². The maximum atomic E-state index is 12.9. The zero-order valence-corrected chi connectivity index (χ0v) is 17.5. The molecule has 0 saturated carbocycles. The van der Waals surface area contributed by atoms with Crippen molar-refractivity contribution in [3.63, 3.8) is 0 Å². The SMILES string of the molecule is CCOC(=O)Cc1ccc(NC(=O)N2CCCn3nc(-c4cccnc4)cc3C2)cc1. The van der Waals surface area contributed by atoms with Gasteiger partial charge in [0.1, 0.15) is 0 Å². The van der Waals surface area contributed by atoms with Gasteiger partial charge in [-0.3, -0.25) is 14.5 Å². The van der Waals surface area contributed by atoms with Crippen LogP contribution in [0.1, 0.15) is 24.6 Å². The van der Waals surface area contributed by atoms with Crippen LogP contribution in [0.2, 0.25) is 0 Å². The fourth-order valence-electron chi connectivity index (χ4n) is 3.58. The molecule has 1 aromatic carbocycles. The van der Waals surface area contributed by atoms with Gasteiger partial charge in [0.2, 0.25) is 0 Å². The Morgan fingerprint density at radius 2 is 2.00 bits per heavy atom. The van der Waals surface area contributed by atoms with Crippen molar-refractivity contribution in [1.82, 2.24) is 19.7 Å². The van der Waals surface area contributed by atoms with E-state index in [1.165, 1.54) is 0 Å². The lowest BCUT2D eigenvalue weighted by molar-refractivity contribution is -0.142. The number of amides is 2. The largest absolute Gasteiger partial charge is 0.466 e. The van der Waals surface area contributed by atoms with Crippen molar-refractivity contribution in [3.05, 3.63) is 66.1 Å². The first-order chi connectivity index (χ1) is 15.1. The molecule has 0 aliphatic carbocycles. The van der Waals surface area contributed by atoms with Gasteiger partial charge in [-0.2, -0.15) is 5.10 Å². The fourth-order valence-corrected chi connectivity index (χ4v) is 3.58. The summed E-state index contributed by atoms with van der Waals surface area (Å²) in [6.07, 6.45) is 4.57. The van der Waals surface area contributed by atoms with Crippen LogP contribution < -0.4 is 5.32 Å². The third-order valence-electron chi connectivity index (χ3n) is 5.12. The van der Waals surface area contributed by atoms with Crippen LogP contribution in [0.25, 0.3) is 11.3 Å². The number of pyridine rings is 1. The molecule has 0 atom stereocenters. The van der Waals surface area contributed by atoms with Crippen molar-refractivity contribution < 1.29 is 14.3 Å². The molecule has 0 spiro atoms. The molecule has 0 unspecified atom stereocenters. The monoisotopic (exact) mass is 419 g/mol. The summed E-state index contributed by atoms with van der Waals surface area (Å²) in [6, 6.07) is 13.0. The third kappa shape index (κ3) is 5.09. The van der Waals surface area contributed by atoms with E-state index in [4.69, 9.17) is 4.74 Å². The molecule has 1 N–H and O–H groups in total. The Hall–Kier alpha value is -3.68. The molecule has 2 amide bonds. The molecule has 1 aliphatic heterocycles. The molecule has 0 radical (unpaired) electrons. The Morgan fingerprint density at radius 3 is 2.74 bits per heavy atom. The maximum Gasteiger partial charge on any atom is 0.322 e. The normalized spacial score (nSPS) is 13.3. The smallest absolute Gasteiger partial charge is 0.322 e. The standard InChI is InChI=1S/C23H25N5O3/c1-2-31-22(29)13-17-6-8-19(9-7-17)25-23(30)27-11-4-12-28-20(16-27)14-21(26-28)18-5-3-10-24-15-18/h3,5-10,14-15H,2,4,11-13,16H2,1H3,(H,25,30). The number of ether oxygens (including phenoxy) is 1. The van der Waals surface area contributed by atoms with Gasteiger partial charge in [0, 0.05) is 36.7 Å². The Morgan fingerprint density at radius 1 is 1.16 bits per heavy atom. The van der Waals surface area contributed by atoms with Gasteiger partial charge in [0.25, 0.3) is 0 Å². The molecule has 1 aliphatic rings. The van der Waals surface area contributed by atoms with Gasteiger partial charge >= 0.3 is 12.0 Å². The van der Waals surface area contributed by atoms with Crippen molar-refractivity contribution in [3.8, 4) is 11.3 Å². The first-order valence-corrected chi connectivity index (χ1v) is 10.4. The van der Waals surface area contributed by atoms with E-state index in [9.17, 15) is 9.59 Å². The van der Waals surface area contributed by atoms with Crippen molar-refractivity contribution in [2.75, 3.05) is 18.5 Å². The van der Waals surface area contributed by atoms with E-state index in [0.29, 0.717) is 25.4 Å². The van der Waals surface area contributed by atoms with E-state index in [2.05, 4.69) is 15.4 Å². The van der Waals surface area contributed by atoms with Gasteiger partial charge in [-0.15, -0.1) is 0 Å². The number of carbonyl (C=O) groups is 2. The van der Waals surface area contributed by atoms with Crippen LogP contribution in [0.3, 0.4) is 0 Å². The van der Waals surface area contributed by atoms with Gasteiger partial charge < -0.3 is 15.0 Å². The van der Waals surface area contributed by atoms with Crippen LogP contribution in [0.4, 0.5) is 10.5 Å². The summed E-state index contributed by atoms with van der Waals surface area (Å²) in [5, 5.41) is 7.63. The number of benzene rings is 1. The van der Waals surface area contributed by atoms with Crippen LogP contribution in [0.5, 0.6) is 0 Å². The minimum atomic E-state index is -0.258. The highest BCUT2D eigenvalue weighted by atomic mass is 16.5. The highest BCUT2D eigenvalue weighted by Crippen LogP contribution is 2.22. The van der Waals surface area contributed by atoms with Gasteiger partial charge in [-0.05, 0) is 49.2 Å². The number of aryl methyl sites for hydroxylation is 1. The zero-order chi connectivity index (χ0) is 21.6. The van der Waals surface area contributed by atoms with E-state index in [1.807, 2.05) is 35.0 Å². The van der Waals surface area contributed by atoms with Gasteiger partial charge in [-0.25, -0.2) is 4.79 Å². The summed E-state index contributed by atoms with van der Waals surface area (Å²) in [6.45, 7) is 4.05. The summed E-state index contributed by atoms with van der Waals surface area (Å²) in [5.41, 5.74) is 4.35. The second-order valence-corrected chi connectivity index (χ2v) is 7.37. The molecular formula is C23H25N5O3. The number of carbonyl (C=O) groups excluding carboxylic acids is 2. The number of nitrogens with one attached hydrogen (secondary N) is 1. The van der Waals surface area contributed by atoms with Crippen LogP contribution in [-0.2, 0) is 29.0 Å². The Kier molecular flexibility index (Phi) is 6.26. The predicted molar refractivity (Wildman–Crippen MR) is 116 cm³/mol. The topological polar surface area (TPSA) is 89.4 Å². The number of esters is 1. The Labute approximate surface area is 180 Å². The highest BCUT2D eigenvalue weighted by molar-refractivity contribution is 5.89. The van der Waals surface area contributed by atoms with Crippen molar-refractivity contribution >= 4 is 17.7 Å². The summed E-state index contributed by atoms with van der Waals surface area (Å²) in [5.74, 6) is -0.258.